The van der Waals surface area contributed by atoms with E-state index in [1.54, 1.807) is 6.26 Å². The Morgan fingerprint density at radius 2 is 2.22 bits per heavy atom. The molecular formula is C14H14BrNOS. The zero-order chi connectivity index (χ0) is 12.4. The number of hydrogen-bond acceptors (Lipinski definition) is 3. The molecule has 3 rings (SSSR count). The lowest BCUT2D eigenvalue weighted by Gasteiger charge is -2.25. The van der Waals surface area contributed by atoms with Gasteiger partial charge in [-0.15, -0.1) is 11.8 Å². The Balaban J connectivity index is 1.73. The second kappa shape index (κ2) is 5.51. The van der Waals surface area contributed by atoms with Crippen LogP contribution in [0.4, 0.5) is 0 Å². The summed E-state index contributed by atoms with van der Waals surface area (Å²) in [6.45, 7) is 0.761. The quantitative estimate of drug-likeness (QED) is 0.908. The molecule has 0 fully saturated rings. The van der Waals surface area contributed by atoms with E-state index in [1.807, 2.05) is 17.8 Å². The summed E-state index contributed by atoms with van der Waals surface area (Å²) in [7, 11) is 0. The standard InChI is InChI=1S/C14H14BrNOS/c15-11-5-7-17-13(11)9-16-12-6-8-18-14-4-2-1-3-10(12)14/h1-5,7,12,16H,6,8-9H2. The van der Waals surface area contributed by atoms with E-state index >= 15 is 0 Å². The van der Waals surface area contributed by atoms with Gasteiger partial charge in [-0.25, -0.2) is 0 Å². The van der Waals surface area contributed by atoms with Crippen LogP contribution in [0.15, 0.2) is 50.4 Å². The predicted molar refractivity (Wildman–Crippen MR) is 77.8 cm³/mol. The van der Waals surface area contributed by atoms with Gasteiger partial charge >= 0.3 is 0 Å². The molecule has 1 unspecified atom stereocenters. The first kappa shape index (κ1) is 12.3. The predicted octanol–water partition coefficient (Wildman–Crippen LogP) is 4.37. The van der Waals surface area contributed by atoms with Crippen molar-refractivity contribution < 1.29 is 4.42 Å². The fourth-order valence-corrected chi connectivity index (χ4v) is 3.69. The van der Waals surface area contributed by atoms with Gasteiger partial charge in [-0.1, -0.05) is 18.2 Å². The second-order valence-electron chi connectivity index (χ2n) is 4.30. The lowest BCUT2D eigenvalue weighted by Crippen LogP contribution is -2.24. The third-order valence-electron chi connectivity index (χ3n) is 3.16. The Morgan fingerprint density at radius 3 is 3.06 bits per heavy atom. The summed E-state index contributed by atoms with van der Waals surface area (Å²) in [5, 5.41) is 3.58. The van der Waals surface area contributed by atoms with E-state index in [1.165, 1.54) is 22.6 Å². The van der Waals surface area contributed by atoms with E-state index in [4.69, 9.17) is 4.42 Å². The molecule has 94 valence electrons. The number of fused-ring (bicyclic) bond motifs is 1. The van der Waals surface area contributed by atoms with Crippen molar-refractivity contribution in [2.24, 2.45) is 0 Å². The van der Waals surface area contributed by atoms with E-state index in [0.29, 0.717) is 6.04 Å². The zero-order valence-corrected chi connectivity index (χ0v) is 12.3. The second-order valence-corrected chi connectivity index (χ2v) is 6.29. The van der Waals surface area contributed by atoms with Gasteiger partial charge in [0.05, 0.1) is 17.3 Å². The molecule has 0 aliphatic carbocycles. The number of nitrogens with one attached hydrogen (secondary N) is 1. The van der Waals surface area contributed by atoms with E-state index in [2.05, 4.69) is 45.5 Å². The first-order valence-electron chi connectivity index (χ1n) is 6.01. The van der Waals surface area contributed by atoms with Crippen molar-refractivity contribution in [2.45, 2.75) is 23.9 Å². The smallest absolute Gasteiger partial charge is 0.131 e. The maximum Gasteiger partial charge on any atom is 0.131 e. The molecule has 2 heterocycles. The number of benzene rings is 1. The van der Waals surface area contributed by atoms with Crippen LogP contribution in [0, 0.1) is 0 Å². The minimum absolute atomic E-state index is 0.430. The van der Waals surface area contributed by atoms with Gasteiger partial charge < -0.3 is 9.73 Å². The summed E-state index contributed by atoms with van der Waals surface area (Å²) in [5.41, 5.74) is 1.41. The number of thioether (sulfide) groups is 1. The lowest BCUT2D eigenvalue weighted by molar-refractivity contribution is 0.438. The van der Waals surface area contributed by atoms with Gasteiger partial charge in [-0.05, 0) is 45.8 Å². The zero-order valence-electron chi connectivity index (χ0n) is 9.86. The van der Waals surface area contributed by atoms with Crippen LogP contribution in [0.3, 0.4) is 0 Å². The van der Waals surface area contributed by atoms with Crippen LogP contribution in [0.5, 0.6) is 0 Å². The van der Waals surface area contributed by atoms with E-state index < -0.39 is 0 Å². The van der Waals surface area contributed by atoms with Crippen molar-refractivity contribution in [3.05, 3.63) is 52.4 Å². The highest BCUT2D eigenvalue weighted by molar-refractivity contribution is 9.10. The molecule has 0 bridgehead atoms. The molecule has 1 aromatic heterocycles. The maximum absolute atomic E-state index is 5.43. The van der Waals surface area contributed by atoms with Gasteiger partial charge in [0, 0.05) is 10.9 Å². The summed E-state index contributed by atoms with van der Waals surface area (Å²) in [4.78, 5) is 1.40. The van der Waals surface area contributed by atoms with Gasteiger partial charge in [0.2, 0.25) is 0 Å². The molecule has 0 radical (unpaired) electrons. The minimum Gasteiger partial charge on any atom is -0.467 e. The fraction of sp³-hybridized carbons (Fsp3) is 0.286. The number of hydrogen-bond donors (Lipinski definition) is 1. The lowest BCUT2D eigenvalue weighted by atomic mass is 10.0. The Hall–Kier alpha value is -0.710. The third-order valence-corrected chi connectivity index (χ3v) is 4.99. The van der Waals surface area contributed by atoms with Crippen LogP contribution in [0.1, 0.15) is 23.8 Å². The number of rotatable bonds is 3. The van der Waals surface area contributed by atoms with Crippen molar-refractivity contribution in [3.63, 3.8) is 0 Å². The van der Waals surface area contributed by atoms with Crippen molar-refractivity contribution in [2.75, 3.05) is 5.75 Å². The summed E-state index contributed by atoms with van der Waals surface area (Å²) in [6.07, 6.45) is 2.88. The molecule has 2 nitrogen and oxygen atoms in total. The third kappa shape index (κ3) is 2.51. The largest absolute Gasteiger partial charge is 0.467 e. The van der Waals surface area contributed by atoms with Crippen molar-refractivity contribution in [3.8, 4) is 0 Å². The molecule has 1 aromatic carbocycles. The minimum atomic E-state index is 0.430. The monoisotopic (exact) mass is 323 g/mol. The molecule has 1 N–H and O–H groups in total. The summed E-state index contributed by atoms with van der Waals surface area (Å²) in [5.74, 6) is 2.14. The highest BCUT2D eigenvalue weighted by atomic mass is 79.9. The Labute approximate surface area is 119 Å². The van der Waals surface area contributed by atoms with Crippen LogP contribution >= 0.6 is 27.7 Å². The van der Waals surface area contributed by atoms with Crippen molar-refractivity contribution >= 4 is 27.7 Å². The molecule has 2 aromatic rings. The SMILES string of the molecule is Brc1ccoc1CNC1CCSc2ccccc21. The van der Waals surface area contributed by atoms with Crippen LogP contribution in [0.25, 0.3) is 0 Å². The van der Waals surface area contributed by atoms with Gasteiger partial charge in [-0.2, -0.15) is 0 Å². The average Bonchev–Trinajstić information content (AvgIpc) is 2.82. The normalized spacial score (nSPS) is 18.6. The first-order valence-corrected chi connectivity index (χ1v) is 7.79. The van der Waals surface area contributed by atoms with Gasteiger partial charge in [0.25, 0.3) is 0 Å². The molecule has 4 heteroatoms. The van der Waals surface area contributed by atoms with Gasteiger partial charge in [0.15, 0.2) is 0 Å². The molecule has 1 atom stereocenters. The van der Waals surface area contributed by atoms with Crippen molar-refractivity contribution in [1.82, 2.24) is 5.32 Å². The van der Waals surface area contributed by atoms with Gasteiger partial charge in [0.1, 0.15) is 5.76 Å². The summed E-state index contributed by atoms with van der Waals surface area (Å²) in [6, 6.07) is 11.0. The highest BCUT2D eigenvalue weighted by Crippen LogP contribution is 2.36. The topological polar surface area (TPSA) is 25.2 Å². The molecule has 18 heavy (non-hydrogen) atoms. The summed E-state index contributed by atoms with van der Waals surface area (Å²) >= 11 is 5.43. The van der Waals surface area contributed by atoms with E-state index in [9.17, 15) is 0 Å². The Morgan fingerprint density at radius 1 is 1.33 bits per heavy atom. The molecule has 0 amide bonds. The van der Waals surface area contributed by atoms with Crippen LogP contribution < -0.4 is 5.32 Å². The Bertz CT molecular complexity index is 540. The maximum atomic E-state index is 5.43. The number of halogens is 1. The van der Waals surface area contributed by atoms with E-state index in [-0.39, 0.29) is 0 Å². The molecule has 0 saturated heterocycles. The first-order chi connectivity index (χ1) is 8.84. The number of furan rings is 1. The summed E-state index contributed by atoms with van der Waals surface area (Å²) < 4.78 is 6.46. The van der Waals surface area contributed by atoms with Crippen LogP contribution in [0.2, 0.25) is 0 Å². The highest BCUT2D eigenvalue weighted by Gasteiger charge is 2.20. The molecular weight excluding hydrogens is 310 g/mol. The average molecular weight is 324 g/mol. The fourth-order valence-electron chi connectivity index (χ4n) is 2.22. The van der Waals surface area contributed by atoms with Crippen LogP contribution in [-0.2, 0) is 6.54 Å². The molecule has 1 aliphatic heterocycles. The van der Waals surface area contributed by atoms with E-state index in [0.717, 1.165) is 16.8 Å². The molecule has 0 saturated carbocycles. The van der Waals surface area contributed by atoms with Crippen molar-refractivity contribution in [1.29, 1.82) is 0 Å². The Kier molecular flexibility index (Phi) is 3.77. The van der Waals surface area contributed by atoms with Gasteiger partial charge in [-0.3, -0.25) is 0 Å². The van der Waals surface area contributed by atoms with Crippen LogP contribution in [-0.4, -0.2) is 5.75 Å². The molecule has 0 spiro atoms. The molecule has 1 aliphatic rings.